The molecule has 0 heterocycles. The van der Waals surface area contributed by atoms with Crippen molar-refractivity contribution < 1.29 is 5.11 Å². The van der Waals surface area contributed by atoms with Gasteiger partial charge in [0.2, 0.25) is 0 Å². The lowest BCUT2D eigenvalue weighted by Crippen LogP contribution is -2.15. The van der Waals surface area contributed by atoms with Crippen LogP contribution in [-0.4, -0.2) is 6.23 Å². The van der Waals surface area contributed by atoms with Crippen molar-refractivity contribution in [3.63, 3.8) is 0 Å². The second-order valence-electron chi connectivity index (χ2n) is 1.40. The van der Waals surface area contributed by atoms with Crippen LogP contribution in [0.5, 0.6) is 0 Å². The Kier molecular flexibility index (Phi) is 3.65. The maximum absolute atomic E-state index is 10.0. The molecule has 0 amide bonds. The first-order chi connectivity index (χ1) is 3.27. The van der Waals surface area contributed by atoms with Crippen molar-refractivity contribution in [1.29, 1.82) is 0 Å². The van der Waals surface area contributed by atoms with Gasteiger partial charge in [-0.05, 0) is 12.8 Å². The van der Waals surface area contributed by atoms with Gasteiger partial charge < -0.3 is 5.73 Å². The minimum absolute atomic E-state index is 0.503. The van der Waals surface area contributed by atoms with Crippen LogP contribution in [-0.2, 0) is 5.11 Å². The van der Waals surface area contributed by atoms with Gasteiger partial charge >= 0.3 is 0 Å². The molecule has 0 aliphatic carbocycles. The molecule has 7 heavy (non-hydrogen) atoms. The summed E-state index contributed by atoms with van der Waals surface area (Å²) in [4.78, 5) is 0. The quantitative estimate of drug-likeness (QED) is 0.411. The Morgan fingerprint density at radius 1 is 1.86 bits per heavy atom. The van der Waals surface area contributed by atoms with Gasteiger partial charge in [-0.3, -0.25) is 0 Å². The van der Waals surface area contributed by atoms with Crippen LogP contribution in [0.2, 0.25) is 0 Å². The molecule has 0 aromatic rings. The van der Waals surface area contributed by atoms with E-state index in [-0.39, 0.29) is 0 Å². The molecule has 2 heteroatoms. The van der Waals surface area contributed by atoms with Crippen molar-refractivity contribution in [1.82, 2.24) is 0 Å². The molecule has 2 N–H and O–H groups in total. The first kappa shape index (κ1) is 6.66. The first-order valence-electron chi connectivity index (χ1n) is 2.29. The standard InChI is InChI=1S/C5H10NO/c1-2-3-4-5(6)7/h2,5H,1,3-4,6H2. The summed E-state index contributed by atoms with van der Waals surface area (Å²) in [6.07, 6.45) is 2.00. The van der Waals surface area contributed by atoms with Crippen LogP contribution in [0.25, 0.3) is 0 Å². The second kappa shape index (κ2) is 3.84. The van der Waals surface area contributed by atoms with Gasteiger partial charge in [0.1, 0.15) is 6.23 Å². The highest BCUT2D eigenvalue weighted by molar-refractivity contribution is 4.66. The number of hydrogen-bond acceptors (Lipinski definition) is 1. The van der Waals surface area contributed by atoms with Gasteiger partial charge in [-0.15, -0.1) is 6.58 Å². The molecule has 0 aliphatic heterocycles. The molecular formula is C5H10NO. The van der Waals surface area contributed by atoms with Crippen molar-refractivity contribution in [3.8, 4) is 0 Å². The van der Waals surface area contributed by atoms with Crippen molar-refractivity contribution in [3.05, 3.63) is 12.7 Å². The highest BCUT2D eigenvalue weighted by Crippen LogP contribution is 1.89. The monoisotopic (exact) mass is 100 g/mol. The van der Waals surface area contributed by atoms with Crippen LogP contribution in [0.1, 0.15) is 12.8 Å². The van der Waals surface area contributed by atoms with Gasteiger partial charge in [-0.25, -0.2) is 5.11 Å². The van der Waals surface area contributed by atoms with Crippen molar-refractivity contribution in [2.45, 2.75) is 19.1 Å². The van der Waals surface area contributed by atoms with Crippen molar-refractivity contribution >= 4 is 0 Å². The van der Waals surface area contributed by atoms with E-state index in [1.165, 1.54) is 0 Å². The molecule has 0 aliphatic rings. The fraction of sp³-hybridized carbons (Fsp3) is 0.600. The summed E-state index contributed by atoms with van der Waals surface area (Å²) >= 11 is 0. The minimum Gasteiger partial charge on any atom is -0.303 e. The highest BCUT2D eigenvalue weighted by atomic mass is 16.3. The predicted octanol–water partition coefficient (Wildman–Crippen LogP) is 0.668. The van der Waals surface area contributed by atoms with Gasteiger partial charge in [0.15, 0.2) is 0 Å². The average Bonchev–Trinajstić information content (AvgIpc) is 1.61. The molecule has 0 spiro atoms. The summed E-state index contributed by atoms with van der Waals surface area (Å²) in [6.45, 7) is 3.44. The van der Waals surface area contributed by atoms with Crippen LogP contribution in [0, 0.1) is 0 Å². The first-order valence-corrected chi connectivity index (χ1v) is 2.29. The van der Waals surface area contributed by atoms with Crippen LogP contribution in [0.4, 0.5) is 0 Å². The van der Waals surface area contributed by atoms with Crippen molar-refractivity contribution in [2.75, 3.05) is 0 Å². The largest absolute Gasteiger partial charge is 0.303 e. The van der Waals surface area contributed by atoms with E-state index in [4.69, 9.17) is 5.73 Å². The summed E-state index contributed by atoms with van der Waals surface area (Å²) in [6, 6.07) is 0. The Hall–Kier alpha value is -0.340. The molecule has 0 bridgehead atoms. The second-order valence-corrected chi connectivity index (χ2v) is 1.40. The molecule has 0 aromatic heterocycles. The molecular weight excluding hydrogens is 90.1 g/mol. The fourth-order valence-corrected chi connectivity index (χ4v) is 0.282. The topological polar surface area (TPSA) is 45.9 Å². The van der Waals surface area contributed by atoms with E-state index in [2.05, 4.69) is 6.58 Å². The predicted molar refractivity (Wildman–Crippen MR) is 28.1 cm³/mol. The van der Waals surface area contributed by atoms with Gasteiger partial charge in [0, 0.05) is 0 Å². The third kappa shape index (κ3) is 5.66. The summed E-state index contributed by atoms with van der Waals surface area (Å²) in [7, 11) is 0. The fourth-order valence-electron chi connectivity index (χ4n) is 0.282. The van der Waals surface area contributed by atoms with Crippen molar-refractivity contribution in [2.24, 2.45) is 5.73 Å². The molecule has 1 atom stereocenters. The number of hydrogen-bond donors (Lipinski definition) is 1. The van der Waals surface area contributed by atoms with E-state index in [9.17, 15) is 5.11 Å². The Labute approximate surface area is 43.6 Å². The maximum atomic E-state index is 10.0. The molecule has 0 saturated heterocycles. The average molecular weight is 100 g/mol. The normalized spacial score (nSPS) is 13.4. The van der Waals surface area contributed by atoms with Gasteiger partial charge in [0.25, 0.3) is 0 Å². The molecule has 2 nitrogen and oxygen atoms in total. The van der Waals surface area contributed by atoms with Crippen LogP contribution in [0.3, 0.4) is 0 Å². The minimum atomic E-state index is -0.919. The van der Waals surface area contributed by atoms with Gasteiger partial charge in [-0.2, -0.15) is 0 Å². The third-order valence-electron chi connectivity index (χ3n) is 0.655. The summed E-state index contributed by atoms with van der Waals surface area (Å²) in [5.74, 6) is 0. The van der Waals surface area contributed by atoms with Gasteiger partial charge in [-0.1, -0.05) is 6.08 Å². The summed E-state index contributed by atoms with van der Waals surface area (Å²) < 4.78 is 0. The Morgan fingerprint density at radius 3 is 2.57 bits per heavy atom. The van der Waals surface area contributed by atoms with E-state index < -0.39 is 6.23 Å². The van der Waals surface area contributed by atoms with E-state index in [0.717, 1.165) is 6.42 Å². The Morgan fingerprint density at radius 2 is 2.43 bits per heavy atom. The number of rotatable bonds is 3. The van der Waals surface area contributed by atoms with Gasteiger partial charge in [0.05, 0.1) is 0 Å². The molecule has 0 fully saturated rings. The lowest BCUT2D eigenvalue weighted by molar-refractivity contribution is 0.0881. The van der Waals surface area contributed by atoms with E-state index in [1.54, 1.807) is 6.08 Å². The SMILES string of the molecule is C=CCCC(N)[O]. The lowest BCUT2D eigenvalue weighted by atomic mass is 10.3. The zero-order chi connectivity index (χ0) is 5.70. The van der Waals surface area contributed by atoms with Crippen LogP contribution in [0.15, 0.2) is 12.7 Å². The van der Waals surface area contributed by atoms with E-state index in [0.29, 0.717) is 6.42 Å². The molecule has 0 rings (SSSR count). The summed E-state index contributed by atoms with van der Waals surface area (Å²) in [5, 5.41) is 10.0. The zero-order valence-corrected chi connectivity index (χ0v) is 4.26. The lowest BCUT2D eigenvalue weighted by Gasteiger charge is -1.93. The Balaban J connectivity index is 2.81. The molecule has 1 unspecified atom stereocenters. The smallest absolute Gasteiger partial charge is 0.141 e. The zero-order valence-electron chi connectivity index (χ0n) is 4.26. The third-order valence-corrected chi connectivity index (χ3v) is 0.655. The summed E-state index contributed by atoms with van der Waals surface area (Å²) in [5.41, 5.74) is 4.88. The molecule has 0 saturated carbocycles. The van der Waals surface area contributed by atoms with E-state index in [1.807, 2.05) is 0 Å². The molecule has 1 radical (unpaired) electrons. The Bertz CT molecular complexity index is 52.0. The highest BCUT2D eigenvalue weighted by Gasteiger charge is 1.91. The van der Waals surface area contributed by atoms with Crippen LogP contribution < -0.4 is 5.73 Å². The molecule has 41 valence electrons. The molecule has 0 aromatic carbocycles. The maximum Gasteiger partial charge on any atom is 0.141 e. The number of nitrogens with two attached hydrogens (primary N) is 1. The van der Waals surface area contributed by atoms with E-state index >= 15 is 0 Å². The van der Waals surface area contributed by atoms with Crippen LogP contribution >= 0.6 is 0 Å². The number of allylic oxidation sites excluding steroid dienone is 1.